The first-order valence-corrected chi connectivity index (χ1v) is 6.58. The summed E-state index contributed by atoms with van der Waals surface area (Å²) in [7, 11) is 1.83. The lowest BCUT2D eigenvalue weighted by Gasteiger charge is -2.15. The fourth-order valence-corrected chi connectivity index (χ4v) is 1.98. The van der Waals surface area contributed by atoms with E-state index in [2.05, 4.69) is 10.3 Å². The van der Waals surface area contributed by atoms with Crippen molar-refractivity contribution < 1.29 is 9.66 Å². The molecule has 0 spiro atoms. The number of benzene rings is 1. The van der Waals surface area contributed by atoms with Crippen molar-refractivity contribution in [3.05, 3.63) is 57.8 Å². The van der Waals surface area contributed by atoms with Crippen LogP contribution in [0.3, 0.4) is 0 Å². The summed E-state index contributed by atoms with van der Waals surface area (Å²) >= 11 is 0. The van der Waals surface area contributed by atoms with Crippen LogP contribution in [0.25, 0.3) is 0 Å². The first-order valence-electron chi connectivity index (χ1n) is 6.58. The lowest BCUT2D eigenvalue weighted by Crippen LogP contribution is -2.13. The Hall–Kier alpha value is -2.47. The van der Waals surface area contributed by atoms with Gasteiger partial charge in [0.2, 0.25) is 11.6 Å². The molecule has 6 heteroatoms. The zero-order valence-corrected chi connectivity index (χ0v) is 12.2. The summed E-state index contributed by atoms with van der Waals surface area (Å²) in [4.78, 5) is 14.9. The maximum atomic E-state index is 11.1. The van der Waals surface area contributed by atoms with Crippen LogP contribution >= 0.6 is 0 Å². The number of nitro groups is 1. The third-order valence-corrected chi connectivity index (χ3v) is 3.29. The average Bonchev–Trinajstić information content (AvgIpc) is 2.48. The van der Waals surface area contributed by atoms with Gasteiger partial charge in [0, 0.05) is 23.9 Å². The molecule has 0 bridgehead atoms. The molecule has 1 aromatic carbocycles. The van der Waals surface area contributed by atoms with Crippen molar-refractivity contribution in [2.45, 2.75) is 19.9 Å². The Balaban J connectivity index is 2.46. The smallest absolute Gasteiger partial charge is 0.311 e. The summed E-state index contributed by atoms with van der Waals surface area (Å²) in [6.07, 6.45) is 1.60. The number of para-hydroxylation sites is 1. The first-order chi connectivity index (χ1) is 10.0. The van der Waals surface area contributed by atoms with Crippen molar-refractivity contribution in [2.24, 2.45) is 0 Å². The Morgan fingerprint density at radius 1 is 1.33 bits per heavy atom. The van der Waals surface area contributed by atoms with E-state index in [9.17, 15) is 10.1 Å². The molecule has 0 saturated heterocycles. The zero-order valence-electron chi connectivity index (χ0n) is 12.2. The summed E-state index contributed by atoms with van der Waals surface area (Å²) in [6.45, 7) is 3.74. The molecule has 0 fully saturated rings. The SMILES string of the molecule is CNC(C)c1cccnc1Oc1c(C)cccc1[N+](=O)[O-]. The molecule has 0 amide bonds. The van der Waals surface area contributed by atoms with Gasteiger partial charge in [-0.05, 0) is 32.5 Å². The van der Waals surface area contributed by atoms with Gasteiger partial charge < -0.3 is 10.1 Å². The molecule has 110 valence electrons. The standard InChI is InChI=1S/C15H17N3O3/c1-10-6-4-8-13(18(19)20)14(10)21-15-12(11(2)16-3)7-5-9-17-15/h4-9,11,16H,1-3H3. The molecule has 0 radical (unpaired) electrons. The molecule has 1 unspecified atom stereocenters. The van der Waals surface area contributed by atoms with E-state index in [1.807, 2.05) is 26.1 Å². The van der Waals surface area contributed by atoms with Crippen LogP contribution in [0.15, 0.2) is 36.5 Å². The highest BCUT2D eigenvalue weighted by atomic mass is 16.6. The van der Waals surface area contributed by atoms with Crippen molar-refractivity contribution >= 4 is 5.69 Å². The lowest BCUT2D eigenvalue weighted by atomic mass is 10.1. The second-order valence-electron chi connectivity index (χ2n) is 4.69. The van der Waals surface area contributed by atoms with E-state index in [0.29, 0.717) is 11.4 Å². The monoisotopic (exact) mass is 287 g/mol. The molecular weight excluding hydrogens is 270 g/mol. The van der Waals surface area contributed by atoms with Crippen LogP contribution in [-0.4, -0.2) is 17.0 Å². The fourth-order valence-electron chi connectivity index (χ4n) is 1.98. The van der Waals surface area contributed by atoms with Crippen molar-refractivity contribution in [3.8, 4) is 11.6 Å². The minimum atomic E-state index is -0.452. The van der Waals surface area contributed by atoms with E-state index in [0.717, 1.165) is 5.56 Å². The van der Waals surface area contributed by atoms with Crippen LogP contribution in [0.5, 0.6) is 11.6 Å². The fraction of sp³-hybridized carbons (Fsp3) is 0.267. The number of hydrogen-bond donors (Lipinski definition) is 1. The first kappa shape index (κ1) is 14.9. The van der Waals surface area contributed by atoms with Crippen LogP contribution in [0.1, 0.15) is 24.1 Å². The molecule has 0 aliphatic carbocycles. The van der Waals surface area contributed by atoms with E-state index in [1.165, 1.54) is 6.07 Å². The Labute approximate surface area is 122 Å². The van der Waals surface area contributed by atoms with E-state index >= 15 is 0 Å². The highest BCUT2D eigenvalue weighted by Crippen LogP contribution is 2.35. The third-order valence-electron chi connectivity index (χ3n) is 3.29. The van der Waals surface area contributed by atoms with Crippen molar-refractivity contribution in [1.82, 2.24) is 10.3 Å². The van der Waals surface area contributed by atoms with Gasteiger partial charge in [-0.25, -0.2) is 4.98 Å². The van der Waals surface area contributed by atoms with Crippen molar-refractivity contribution in [1.29, 1.82) is 0 Å². The molecule has 1 heterocycles. The van der Waals surface area contributed by atoms with Crippen LogP contribution in [0, 0.1) is 17.0 Å². The number of hydrogen-bond acceptors (Lipinski definition) is 5. The van der Waals surface area contributed by atoms with Gasteiger partial charge >= 0.3 is 5.69 Å². The van der Waals surface area contributed by atoms with Crippen molar-refractivity contribution in [2.75, 3.05) is 7.05 Å². The molecule has 1 aromatic heterocycles. The van der Waals surface area contributed by atoms with Gasteiger partial charge in [-0.15, -0.1) is 0 Å². The Morgan fingerprint density at radius 3 is 2.76 bits per heavy atom. The minimum absolute atomic E-state index is 0.0248. The van der Waals surface area contributed by atoms with Gasteiger partial charge in [0.1, 0.15) is 0 Å². The summed E-state index contributed by atoms with van der Waals surface area (Å²) in [5.74, 6) is 0.600. The maximum Gasteiger partial charge on any atom is 0.311 e. The molecular formula is C15H17N3O3. The number of aryl methyl sites for hydroxylation is 1. The molecule has 2 rings (SSSR count). The van der Waals surface area contributed by atoms with Crippen molar-refractivity contribution in [3.63, 3.8) is 0 Å². The summed E-state index contributed by atoms with van der Waals surface area (Å²) in [6, 6.07) is 8.54. The van der Waals surface area contributed by atoms with Gasteiger partial charge in [0.25, 0.3) is 0 Å². The van der Waals surface area contributed by atoms with Gasteiger partial charge in [-0.1, -0.05) is 18.2 Å². The number of rotatable bonds is 5. The summed E-state index contributed by atoms with van der Waals surface area (Å²) in [5, 5.41) is 14.2. The quantitative estimate of drug-likeness (QED) is 0.674. The predicted molar refractivity (Wildman–Crippen MR) is 79.6 cm³/mol. The number of nitrogens with zero attached hydrogens (tertiary/aromatic N) is 2. The molecule has 2 aromatic rings. The van der Waals surface area contributed by atoms with Gasteiger partial charge in [-0.3, -0.25) is 10.1 Å². The van der Waals surface area contributed by atoms with Gasteiger partial charge in [-0.2, -0.15) is 0 Å². The second kappa shape index (κ2) is 6.32. The van der Waals surface area contributed by atoms with E-state index in [4.69, 9.17) is 4.74 Å². The highest BCUT2D eigenvalue weighted by molar-refractivity contribution is 5.53. The Morgan fingerprint density at radius 2 is 2.10 bits per heavy atom. The van der Waals surface area contributed by atoms with E-state index < -0.39 is 4.92 Å². The molecule has 0 saturated carbocycles. The van der Waals surface area contributed by atoms with Gasteiger partial charge in [0.15, 0.2) is 0 Å². The van der Waals surface area contributed by atoms with Gasteiger partial charge in [0.05, 0.1) is 4.92 Å². The molecule has 1 atom stereocenters. The maximum absolute atomic E-state index is 11.1. The number of nitrogens with one attached hydrogen (secondary N) is 1. The topological polar surface area (TPSA) is 77.3 Å². The Kier molecular flexibility index (Phi) is 4.49. The molecule has 1 N–H and O–H groups in total. The van der Waals surface area contributed by atoms with Crippen LogP contribution in [-0.2, 0) is 0 Å². The average molecular weight is 287 g/mol. The number of aromatic nitrogens is 1. The normalized spacial score (nSPS) is 12.0. The number of ether oxygens (including phenoxy) is 1. The van der Waals surface area contributed by atoms with Crippen LogP contribution < -0.4 is 10.1 Å². The van der Waals surface area contributed by atoms with E-state index in [1.54, 1.807) is 25.3 Å². The predicted octanol–water partition coefficient (Wildman–Crippen LogP) is 3.37. The minimum Gasteiger partial charge on any atom is -0.431 e. The third kappa shape index (κ3) is 3.17. The summed E-state index contributed by atoms with van der Waals surface area (Å²) in [5.41, 5.74) is 1.47. The van der Waals surface area contributed by atoms with Crippen LogP contribution in [0.2, 0.25) is 0 Å². The largest absolute Gasteiger partial charge is 0.431 e. The highest BCUT2D eigenvalue weighted by Gasteiger charge is 2.20. The second-order valence-corrected chi connectivity index (χ2v) is 4.69. The van der Waals surface area contributed by atoms with E-state index in [-0.39, 0.29) is 17.5 Å². The molecule has 21 heavy (non-hydrogen) atoms. The van der Waals surface area contributed by atoms with Crippen LogP contribution in [0.4, 0.5) is 5.69 Å². The Bertz CT molecular complexity index is 658. The summed E-state index contributed by atoms with van der Waals surface area (Å²) < 4.78 is 5.76. The zero-order chi connectivity index (χ0) is 15.4. The lowest BCUT2D eigenvalue weighted by molar-refractivity contribution is -0.385. The molecule has 0 aliphatic heterocycles. The molecule has 6 nitrogen and oxygen atoms in total. The number of pyridine rings is 1. The molecule has 0 aliphatic rings. The number of nitro benzene ring substituents is 1.